The van der Waals surface area contributed by atoms with Gasteiger partial charge in [0, 0.05) is 50.4 Å². The van der Waals surface area contributed by atoms with Crippen molar-refractivity contribution in [2.24, 2.45) is 0 Å². The summed E-state index contributed by atoms with van der Waals surface area (Å²) in [6.45, 7) is 3.32. The van der Waals surface area contributed by atoms with E-state index in [1.807, 2.05) is 6.92 Å². The minimum Gasteiger partial charge on any atom is -0.345 e. The van der Waals surface area contributed by atoms with Gasteiger partial charge in [0.25, 0.3) is 0 Å². The molecule has 0 atom stereocenters. The number of rotatable bonds is 3. The first kappa shape index (κ1) is 15.0. The van der Waals surface area contributed by atoms with Crippen molar-refractivity contribution in [2.75, 3.05) is 26.2 Å². The van der Waals surface area contributed by atoms with Crippen LogP contribution in [0, 0.1) is 0 Å². The van der Waals surface area contributed by atoms with E-state index < -0.39 is 10.0 Å². The molecule has 1 aliphatic heterocycles. The number of carbonyl (C=O) groups is 1. The van der Waals surface area contributed by atoms with Crippen LogP contribution in [0.3, 0.4) is 0 Å². The van der Waals surface area contributed by atoms with Gasteiger partial charge in [-0.25, -0.2) is 13.4 Å². The highest BCUT2D eigenvalue weighted by atomic mass is 32.2. The van der Waals surface area contributed by atoms with Gasteiger partial charge in [-0.05, 0) is 12.1 Å². The van der Waals surface area contributed by atoms with Crippen LogP contribution >= 0.6 is 0 Å². The van der Waals surface area contributed by atoms with Crippen LogP contribution in [0.5, 0.6) is 0 Å². The minimum atomic E-state index is -3.58. The van der Waals surface area contributed by atoms with Crippen molar-refractivity contribution in [1.29, 1.82) is 0 Å². The number of pyridine rings is 1. The second kappa shape index (κ2) is 5.69. The Morgan fingerprint density at radius 3 is 2.73 bits per heavy atom. The van der Waals surface area contributed by atoms with Gasteiger partial charge in [0.15, 0.2) is 0 Å². The average Bonchev–Trinajstić information content (AvgIpc) is 2.99. The van der Waals surface area contributed by atoms with Crippen molar-refractivity contribution >= 4 is 27.0 Å². The van der Waals surface area contributed by atoms with Gasteiger partial charge in [0.05, 0.1) is 0 Å². The molecule has 0 unspecified atom stereocenters. The van der Waals surface area contributed by atoms with Gasteiger partial charge in [-0.3, -0.25) is 4.79 Å². The number of hydrogen-bond acceptors (Lipinski definition) is 4. The summed E-state index contributed by atoms with van der Waals surface area (Å²) in [6, 6.07) is 3.45. The molecule has 0 radical (unpaired) electrons. The topological polar surface area (TPSA) is 86.4 Å². The summed E-state index contributed by atoms with van der Waals surface area (Å²) >= 11 is 0. The molecule has 0 aromatic carbocycles. The Hall–Kier alpha value is -1.93. The zero-order valence-electron chi connectivity index (χ0n) is 12.3. The number of aromatic nitrogens is 2. The Kier molecular flexibility index (Phi) is 3.88. The lowest BCUT2D eigenvalue weighted by Gasteiger charge is -2.33. The van der Waals surface area contributed by atoms with Gasteiger partial charge < -0.3 is 9.88 Å². The van der Waals surface area contributed by atoms with Crippen LogP contribution in [-0.2, 0) is 14.8 Å². The fraction of sp³-hybridized carbons (Fsp3) is 0.429. The highest BCUT2D eigenvalue weighted by Gasteiger charge is 2.31. The van der Waals surface area contributed by atoms with E-state index in [-0.39, 0.29) is 10.8 Å². The fourth-order valence-electron chi connectivity index (χ4n) is 2.68. The van der Waals surface area contributed by atoms with Crippen molar-refractivity contribution in [3.8, 4) is 0 Å². The summed E-state index contributed by atoms with van der Waals surface area (Å²) in [7, 11) is -3.58. The quantitative estimate of drug-likeness (QED) is 0.906. The summed E-state index contributed by atoms with van der Waals surface area (Å²) in [5.74, 6) is 0.0633. The van der Waals surface area contributed by atoms with E-state index >= 15 is 0 Å². The zero-order chi connectivity index (χ0) is 15.7. The lowest BCUT2D eigenvalue weighted by molar-refractivity contribution is -0.132. The number of nitrogens with one attached hydrogen (secondary N) is 1. The van der Waals surface area contributed by atoms with E-state index in [1.165, 1.54) is 10.5 Å². The third-order valence-corrected chi connectivity index (χ3v) is 5.86. The molecule has 0 spiro atoms. The lowest BCUT2D eigenvalue weighted by Crippen LogP contribution is -2.50. The number of aromatic amines is 1. The Bertz CT molecular complexity index is 791. The van der Waals surface area contributed by atoms with Gasteiger partial charge >= 0.3 is 0 Å². The number of fused-ring (bicyclic) bond motifs is 1. The first-order valence-electron chi connectivity index (χ1n) is 7.24. The molecule has 3 heterocycles. The van der Waals surface area contributed by atoms with E-state index in [0.29, 0.717) is 43.6 Å². The minimum absolute atomic E-state index is 0.0633. The van der Waals surface area contributed by atoms with E-state index in [1.54, 1.807) is 23.2 Å². The molecule has 3 rings (SSSR count). The normalized spacial score (nSPS) is 17.0. The fourth-order valence-corrected chi connectivity index (χ4v) is 4.26. The van der Waals surface area contributed by atoms with Crippen LogP contribution in [0.25, 0.3) is 11.0 Å². The van der Waals surface area contributed by atoms with Gasteiger partial charge in [0.2, 0.25) is 15.9 Å². The van der Waals surface area contributed by atoms with Gasteiger partial charge in [-0.1, -0.05) is 6.92 Å². The van der Waals surface area contributed by atoms with Gasteiger partial charge in [-0.2, -0.15) is 4.31 Å². The zero-order valence-corrected chi connectivity index (χ0v) is 13.1. The van der Waals surface area contributed by atoms with Crippen LogP contribution in [0.15, 0.2) is 29.4 Å². The Labute approximate surface area is 129 Å². The van der Waals surface area contributed by atoms with E-state index in [9.17, 15) is 13.2 Å². The van der Waals surface area contributed by atoms with Crippen molar-refractivity contribution in [3.63, 3.8) is 0 Å². The standard InChI is InChI=1S/C14H18N4O3S/c1-2-13(19)17-6-8-18(9-7-17)22(20,21)12-10-16-14-11(12)4-3-5-15-14/h3-5,10H,2,6-9H2,1H3,(H,15,16). The SMILES string of the molecule is CCC(=O)N1CCN(S(=O)(=O)c2c[nH]c3ncccc23)CC1. The molecular weight excluding hydrogens is 304 g/mol. The maximum atomic E-state index is 12.8. The lowest BCUT2D eigenvalue weighted by atomic mass is 10.3. The molecule has 2 aromatic rings. The number of nitrogens with zero attached hydrogens (tertiary/aromatic N) is 3. The summed E-state index contributed by atoms with van der Waals surface area (Å²) in [6.07, 6.45) is 3.54. The molecule has 1 N–H and O–H groups in total. The molecule has 0 aliphatic carbocycles. The molecule has 0 bridgehead atoms. The first-order chi connectivity index (χ1) is 10.5. The molecule has 22 heavy (non-hydrogen) atoms. The van der Waals surface area contributed by atoms with Crippen LogP contribution in [-0.4, -0.2) is 59.7 Å². The van der Waals surface area contributed by atoms with E-state index in [0.717, 1.165) is 0 Å². The third kappa shape index (κ3) is 2.48. The van der Waals surface area contributed by atoms with Crippen LogP contribution in [0.1, 0.15) is 13.3 Å². The molecule has 1 aliphatic rings. The monoisotopic (exact) mass is 322 g/mol. The molecule has 7 nitrogen and oxygen atoms in total. The molecule has 1 amide bonds. The van der Waals surface area contributed by atoms with Crippen molar-refractivity contribution in [3.05, 3.63) is 24.5 Å². The van der Waals surface area contributed by atoms with Crippen LogP contribution in [0.2, 0.25) is 0 Å². The molecule has 1 saturated heterocycles. The highest BCUT2D eigenvalue weighted by Crippen LogP contribution is 2.25. The number of hydrogen-bond donors (Lipinski definition) is 1. The average molecular weight is 322 g/mol. The van der Waals surface area contributed by atoms with Crippen LogP contribution in [0.4, 0.5) is 0 Å². The number of amides is 1. The van der Waals surface area contributed by atoms with E-state index in [2.05, 4.69) is 9.97 Å². The maximum absolute atomic E-state index is 12.8. The summed E-state index contributed by atoms with van der Waals surface area (Å²) in [5, 5.41) is 0.592. The maximum Gasteiger partial charge on any atom is 0.245 e. The number of piperazine rings is 1. The number of sulfonamides is 1. The molecule has 0 saturated carbocycles. The van der Waals surface area contributed by atoms with Crippen molar-refractivity contribution in [2.45, 2.75) is 18.2 Å². The number of carbonyl (C=O) groups excluding carboxylic acids is 1. The van der Waals surface area contributed by atoms with Gasteiger partial charge in [-0.15, -0.1) is 0 Å². The highest BCUT2D eigenvalue weighted by molar-refractivity contribution is 7.89. The van der Waals surface area contributed by atoms with Crippen LogP contribution < -0.4 is 0 Å². The first-order valence-corrected chi connectivity index (χ1v) is 8.68. The Balaban J connectivity index is 1.84. The van der Waals surface area contributed by atoms with Crippen molar-refractivity contribution < 1.29 is 13.2 Å². The van der Waals surface area contributed by atoms with Gasteiger partial charge in [0.1, 0.15) is 10.5 Å². The smallest absolute Gasteiger partial charge is 0.245 e. The Morgan fingerprint density at radius 1 is 1.32 bits per heavy atom. The summed E-state index contributed by atoms with van der Waals surface area (Å²) in [4.78, 5) is 20.6. The molecule has 118 valence electrons. The Morgan fingerprint density at radius 2 is 2.05 bits per heavy atom. The molecule has 8 heteroatoms. The predicted octanol–water partition coefficient (Wildman–Crippen LogP) is 0.806. The largest absolute Gasteiger partial charge is 0.345 e. The van der Waals surface area contributed by atoms with E-state index in [4.69, 9.17) is 0 Å². The second-order valence-corrected chi connectivity index (χ2v) is 7.10. The molecular formula is C14H18N4O3S. The number of H-pyrrole nitrogens is 1. The summed E-state index contributed by atoms with van der Waals surface area (Å²) in [5.41, 5.74) is 0.556. The molecule has 1 fully saturated rings. The van der Waals surface area contributed by atoms with Crippen molar-refractivity contribution in [1.82, 2.24) is 19.2 Å². The second-order valence-electron chi connectivity index (χ2n) is 5.19. The predicted molar refractivity (Wildman–Crippen MR) is 81.7 cm³/mol. The third-order valence-electron chi connectivity index (χ3n) is 3.92. The molecule has 2 aromatic heterocycles. The summed E-state index contributed by atoms with van der Waals surface area (Å²) < 4.78 is 27.0.